The van der Waals surface area contributed by atoms with Gasteiger partial charge in [-0.05, 0) is 35.9 Å². The fourth-order valence-electron chi connectivity index (χ4n) is 1.35. The topological polar surface area (TPSA) is 30.0 Å². The molecule has 0 spiro atoms. The van der Waals surface area contributed by atoms with Crippen LogP contribution in [0, 0.1) is 0 Å². The summed E-state index contributed by atoms with van der Waals surface area (Å²) in [5.74, 6) is 0. The van der Waals surface area contributed by atoms with Crippen molar-refractivity contribution in [3.8, 4) is 0 Å². The van der Waals surface area contributed by atoms with Gasteiger partial charge in [-0.3, -0.25) is 4.79 Å². The van der Waals surface area contributed by atoms with Crippen LogP contribution in [0.4, 0.5) is 0 Å². The number of carbonyl (C=O) groups excluding carboxylic acids is 1. The van der Waals surface area contributed by atoms with Crippen molar-refractivity contribution >= 4 is 50.9 Å². The molecule has 0 saturated carbocycles. The standard InChI is InChI=1S/C10H4Cl3NO/c11-6-2-3-7-5(9(6)10(13)15)1-4-8(12)14-7/h1-4H. The fourth-order valence-corrected chi connectivity index (χ4v) is 2.01. The van der Waals surface area contributed by atoms with E-state index >= 15 is 0 Å². The van der Waals surface area contributed by atoms with Crippen molar-refractivity contribution in [2.45, 2.75) is 0 Å². The molecule has 76 valence electrons. The number of halogens is 3. The number of fused-ring (bicyclic) bond motifs is 1. The van der Waals surface area contributed by atoms with E-state index in [2.05, 4.69) is 4.98 Å². The largest absolute Gasteiger partial charge is 0.276 e. The summed E-state index contributed by atoms with van der Waals surface area (Å²) >= 11 is 17.0. The van der Waals surface area contributed by atoms with Crippen LogP contribution >= 0.6 is 34.8 Å². The minimum atomic E-state index is -0.602. The number of nitrogens with zero attached hydrogens (tertiary/aromatic N) is 1. The predicted molar refractivity (Wildman–Crippen MR) is 61.9 cm³/mol. The number of carbonyl (C=O) groups is 1. The predicted octanol–water partition coefficient (Wildman–Crippen LogP) is 3.92. The molecular formula is C10H4Cl3NO. The maximum Gasteiger partial charge on any atom is 0.254 e. The first kappa shape index (κ1) is 10.7. The van der Waals surface area contributed by atoms with E-state index in [0.717, 1.165) is 0 Å². The summed E-state index contributed by atoms with van der Waals surface area (Å²) in [7, 11) is 0. The number of benzene rings is 1. The van der Waals surface area contributed by atoms with Gasteiger partial charge in [-0.1, -0.05) is 23.2 Å². The number of pyridine rings is 1. The van der Waals surface area contributed by atoms with Crippen molar-refractivity contribution in [3.05, 3.63) is 40.0 Å². The zero-order valence-electron chi connectivity index (χ0n) is 7.30. The highest BCUT2D eigenvalue weighted by molar-refractivity contribution is 6.69. The molecule has 2 rings (SSSR count). The normalized spacial score (nSPS) is 10.6. The minimum absolute atomic E-state index is 0.264. The average molecular weight is 261 g/mol. The van der Waals surface area contributed by atoms with Crippen LogP contribution in [0.1, 0.15) is 10.4 Å². The van der Waals surface area contributed by atoms with E-state index in [1.54, 1.807) is 24.3 Å². The molecule has 2 nitrogen and oxygen atoms in total. The van der Waals surface area contributed by atoms with Crippen LogP contribution in [-0.2, 0) is 0 Å². The molecule has 0 saturated heterocycles. The highest BCUT2D eigenvalue weighted by Crippen LogP contribution is 2.27. The van der Waals surface area contributed by atoms with Gasteiger partial charge in [-0.15, -0.1) is 0 Å². The van der Waals surface area contributed by atoms with E-state index in [4.69, 9.17) is 34.8 Å². The van der Waals surface area contributed by atoms with Gasteiger partial charge in [0.1, 0.15) is 5.15 Å². The second kappa shape index (κ2) is 3.97. The molecule has 0 bridgehead atoms. The van der Waals surface area contributed by atoms with Gasteiger partial charge in [0.25, 0.3) is 5.24 Å². The summed E-state index contributed by atoms with van der Waals surface area (Å²) in [5.41, 5.74) is 0.857. The summed E-state index contributed by atoms with van der Waals surface area (Å²) in [6.45, 7) is 0. The van der Waals surface area contributed by atoms with Gasteiger partial charge in [0.2, 0.25) is 0 Å². The number of aromatic nitrogens is 1. The van der Waals surface area contributed by atoms with Gasteiger partial charge < -0.3 is 0 Å². The van der Waals surface area contributed by atoms with Crippen molar-refractivity contribution in [1.29, 1.82) is 0 Å². The molecule has 2 aromatic rings. The summed E-state index contributed by atoms with van der Waals surface area (Å²) < 4.78 is 0. The van der Waals surface area contributed by atoms with Crippen molar-refractivity contribution in [3.63, 3.8) is 0 Å². The second-order valence-electron chi connectivity index (χ2n) is 2.90. The SMILES string of the molecule is O=C(Cl)c1c(Cl)ccc2nc(Cl)ccc12. The van der Waals surface area contributed by atoms with Crippen molar-refractivity contribution < 1.29 is 4.79 Å². The Morgan fingerprint density at radius 3 is 2.53 bits per heavy atom. The zero-order chi connectivity index (χ0) is 11.0. The van der Waals surface area contributed by atoms with E-state index in [1.807, 2.05) is 0 Å². The molecule has 0 amide bonds. The number of hydrogen-bond acceptors (Lipinski definition) is 2. The minimum Gasteiger partial charge on any atom is -0.276 e. The average Bonchev–Trinajstić information content (AvgIpc) is 2.17. The maximum absolute atomic E-state index is 11.2. The van der Waals surface area contributed by atoms with E-state index in [9.17, 15) is 4.79 Å². The molecule has 0 aliphatic heterocycles. The molecular weight excluding hydrogens is 256 g/mol. The van der Waals surface area contributed by atoms with E-state index < -0.39 is 5.24 Å². The lowest BCUT2D eigenvalue weighted by Crippen LogP contribution is -1.93. The van der Waals surface area contributed by atoms with Gasteiger partial charge in [-0.25, -0.2) is 4.98 Å². The van der Waals surface area contributed by atoms with Crippen molar-refractivity contribution in [2.75, 3.05) is 0 Å². The highest BCUT2D eigenvalue weighted by atomic mass is 35.5. The summed E-state index contributed by atoms with van der Waals surface area (Å²) in [4.78, 5) is 15.2. The molecule has 15 heavy (non-hydrogen) atoms. The molecule has 5 heteroatoms. The smallest absolute Gasteiger partial charge is 0.254 e. The van der Waals surface area contributed by atoms with Gasteiger partial charge in [0.15, 0.2) is 0 Å². The van der Waals surface area contributed by atoms with Crippen molar-refractivity contribution in [1.82, 2.24) is 4.98 Å². The van der Waals surface area contributed by atoms with Gasteiger partial charge in [-0.2, -0.15) is 0 Å². The second-order valence-corrected chi connectivity index (χ2v) is 4.03. The summed E-state index contributed by atoms with van der Waals surface area (Å²) in [5, 5.41) is 0.672. The zero-order valence-corrected chi connectivity index (χ0v) is 9.57. The lowest BCUT2D eigenvalue weighted by atomic mass is 10.1. The Balaban J connectivity index is 2.88. The van der Waals surface area contributed by atoms with Crippen LogP contribution in [0.2, 0.25) is 10.2 Å². The highest BCUT2D eigenvalue weighted by Gasteiger charge is 2.12. The molecule has 0 fully saturated rings. The monoisotopic (exact) mass is 259 g/mol. The third kappa shape index (κ3) is 1.93. The van der Waals surface area contributed by atoms with Crippen LogP contribution in [0.25, 0.3) is 10.9 Å². The lowest BCUT2D eigenvalue weighted by molar-refractivity contribution is 0.108. The van der Waals surface area contributed by atoms with Crippen LogP contribution in [0.5, 0.6) is 0 Å². The van der Waals surface area contributed by atoms with E-state index in [0.29, 0.717) is 21.1 Å². The fraction of sp³-hybridized carbons (Fsp3) is 0. The maximum atomic E-state index is 11.2. The Morgan fingerprint density at radius 1 is 1.13 bits per heavy atom. The van der Waals surface area contributed by atoms with Gasteiger partial charge >= 0.3 is 0 Å². The van der Waals surface area contributed by atoms with E-state index in [1.165, 1.54) is 0 Å². The number of rotatable bonds is 1. The molecule has 1 heterocycles. The Kier molecular flexibility index (Phi) is 2.83. The van der Waals surface area contributed by atoms with Crippen LogP contribution in [-0.4, -0.2) is 10.2 Å². The molecule has 0 radical (unpaired) electrons. The molecule has 1 aromatic carbocycles. The molecule has 0 atom stereocenters. The van der Waals surface area contributed by atoms with Crippen LogP contribution in [0.15, 0.2) is 24.3 Å². The molecule has 0 N–H and O–H groups in total. The first-order valence-electron chi connectivity index (χ1n) is 4.04. The summed E-state index contributed by atoms with van der Waals surface area (Å²) in [6.07, 6.45) is 0. The Labute approximate surface area is 101 Å². The van der Waals surface area contributed by atoms with Gasteiger partial charge in [0.05, 0.1) is 16.1 Å². The molecule has 0 unspecified atom stereocenters. The lowest BCUT2D eigenvalue weighted by Gasteiger charge is -2.04. The first-order chi connectivity index (χ1) is 7.09. The first-order valence-corrected chi connectivity index (χ1v) is 5.17. The van der Waals surface area contributed by atoms with E-state index in [-0.39, 0.29) is 5.56 Å². The van der Waals surface area contributed by atoms with Crippen LogP contribution in [0.3, 0.4) is 0 Å². The third-order valence-corrected chi connectivity index (χ3v) is 2.70. The van der Waals surface area contributed by atoms with Gasteiger partial charge in [0, 0.05) is 5.39 Å². The molecule has 0 aliphatic rings. The Morgan fingerprint density at radius 2 is 1.87 bits per heavy atom. The summed E-state index contributed by atoms with van der Waals surface area (Å²) in [6, 6.07) is 6.52. The van der Waals surface area contributed by atoms with Crippen molar-refractivity contribution in [2.24, 2.45) is 0 Å². The third-order valence-electron chi connectivity index (χ3n) is 1.98. The Hall–Kier alpha value is -0.830. The quantitative estimate of drug-likeness (QED) is 0.574. The Bertz CT molecular complexity index is 554. The van der Waals surface area contributed by atoms with Crippen LogP contribution < -0.4 is 0 Å². The molecule has 1 aromatic heterocycles. The molecule has 0 aliphatic carbocycles. The number of hydrogen-bond donors (Lipinski definition) is 0.